The highest BCUT2D eigenvalue weighted by Gasteiger charge is 2.19. The molecule has 0 saturated heterocycles. The lowest BCUT2D eigenvalue weighted by atomic mass is 10.1. The van der Waals surface area contributed by atoms with Crippen LogP contribution in [-0.2, 0) is 4.74 Å². The van der Waals surface area contributed by atoms with E-state index in [0.717, 1.165) is 0 Å². The molecule has 0 aliphatic heterocycles. The molecule has 0 radical (unpaired) electrons. The molecule has 1 heterocycles. The number of aryl methyl sites for hydroxylation is 1. The maximum atomic E-state index is 11.3. The first kappa shape index (κ1) is 11.5. The van der Waals surface area contributed by atoms with Crippen LogP contribution in [-0.4, -0.2) is 18.1 Å². The van der Waals surface area contributed by atoms with E-state index in [0.29, 0.717) is 16.3 Å². The summed E-state index contributed by atoms with van der Waals surface area (Å²) >= 11 is 5.92. The van der Waals surface area contributed by atoms with Gasteiger partial charge in [0.05, 0.1) is 23.4 Å². The number of aromatic nitrogens is 1. The number of hydrogen-bond donors (Lipinski definition) is 0. The summed E-state index contributed by atoms with van der Waals surface area (Å²) in [6.07, 6.45) is 0. The fourth-order valence-corrected chi connectivity index (χ4v) is 1.35. The van der Waals surface area contributed by atoms with Gasteiger partial charge in [-0.25, -0.2) is 9.78 Å². The summed E-state index contributed by atoms with van der Waals surface area (Å²) in [6, 6.07) is 1.90. The number of halogens is 1. The molecule has 1 aromatic heterocycles. The quantitative estimate of drug-likeness (QED) is 0.685. The van der Waals surface area contributed by atoms with Crippen molar-refractivity contribution in [1.29, 1.82) is 5.26 Å². The van der Waals surface area contributed by atoms with Crippen molar-refractivity contribution in [2.45, 2.75) is 13.8 Å². The zero-order chi connectivity index (χ0) is 11.6. The van der Waals surface area contributed by atoms with Gasteiger partial charge in [0.2, 0.25) is 0 Å². The van der Waals surface area contributed by atoms with E-state index >= 15 is 0 Å². The SMILES string of the molecule is COC(=O)c1nc(C)c(Cl)c(C)c1C#N. The lowest BCUT2D eigenvalue weighted by Gasteiger charge is -2.08. The highest BCUT2D eigenvalue weighted by Crippen LogP contribution is 2.24. The van der Waals surface area contributed by atoms with E-state index in [4.69, 9.17) is 16.9 Å². The Hall–Kier alpha value is -1.60. The average Bonchev–Trinajstić information content (AvgIpc) is 2.24. The third-order valence-corrected chi connectivity index (χ3v) is 2.59. The Labute approximate surface area is 92.4 Å². The molecular formula is C10H9ClN2O2. The molecule has 0 aromatic carbocycles. The van der Waals surface area contributed by atoms with Gasteiger partial charge in [0.1, 0.15) is 6.07 Å². The predicted octanol–water partition coefficient (Wildman–Crippen LogP) is 2.01. The predicted molar refractivity (Wildman–Crippen MR) is 54.8 cm³/mol. The summed E-state index contributed by atoms with van der Waals surface area (Å²) in [6.45, 7) is 3.34. The molecule has 0 unspecified atom stereocenters. The monoisotopic (exact) mass is 224 g/mol. The van der Waals surface area contributed by atoms with E-state index in [1.54, 1.807) is 13.8 Å². The minimum atomic E-state index is -0.630. The molecule has 0 fully saturated rings. The molecule has 15 heavy (non-hydrogen) atoms. The van der Waals surface area contributed by atoms with Gasteiger partial charge in [-0.2, -0.15) is 5.26 Å². The summed E-state index contributed by atoms with van der Waals surface area (Å²) in [5, 5.41) is 9.30. The lowest BCUT2D eigenvalue weighted by Crippen LogP contribution is -2.10. The first-order valence-corrected chi connectivity index (χ1v) is 4.55. The van der Waals surface area contributed by atoms with Crippen molar-refractivity contribution in [2.75, 3.05) is 7.11 Å². The molecule has 1 rings (SSSR count). The van der Waals surface area contributed by atoms with Gasteiger partial charge < -0.3 is 4.74 Å². The van der Waals surface area contributed by atoms with Gasteiger partial charge in [0, 0.05) is 0 Å². The average molecular weight is 225 g/mol. The van der Waals surface area contributed by atoms with E-state index in [-0.39, 0.29) is 11.3 Å². The standard InChI is InChI=1S/C10H9ClN2O2/c1-5-7(4-12)9(10(14)15-3)13-6(2)8(5)11/h1-3H3. The number of ether oxygens (including phenoxy) is 1. The van der Waals surface area contributed by atoms with Crippen molar-refractivity contribution in [3.8, 4) is 6.07 Å². The Bertz CT molecular complexity index is 463. The number of methoxy groups -OCH3 is 1. The topological polar surface area (TPSA) is 63.0 Å². The lowest BCUT2D eigenvalue weighted by molar-refractivity contribution is 0.0593. The molecule has 0 amide bonds. The molecule has 0 atom stereocenters. The third-order valence-electron chi connectivity index (χ3n) is 2.03. The van der Waals surface area contributed by atoms with Crippen molar-refractivity contribution in [3.63, 3.8) is 0 Å². The first-order chi connectivity index (χ1) is 7.02. The number of carbonyl (C=O) groups excluding carboxylic acids is 1. The number of nitrogens with zero attached hydrogens (tertiary/aromatic N) is 2. The molecule has 0 spiro atoms. The molecule has 4 nitrogen and oxygen atoms in total. The van der Waals surface area contributed by atoms with Gasteiger partial charge in [0.25, 0.3) is 0 Å². The third kappa shape index (κ3) is 1.92. The van der Waals surface area contributed by atoms with Crippen LogP contribution in [0.3, 0.4) is 0 Å². The van der Waals surface area contributed by atoms with E-state index in [9.17, 15) is 4.79 Å². The highest BCUT2D eigenvalue weighted by atomic mass is 35.5. The van der Waals surface area contributed by atoms with Gasteiger partial charge in [-0.3, -0.25) is 0 Å². The van der Waals surface area contributed by atoms with Crippen molar-refractivity contribution >= 4 is 17.6 Å². The Morgan fingerprint density at radius 3 is 2.60 bits per heavy atom. The number of nitriles is 1. The molecule has 5 heteroatoms. The van der Waals surface area contributed by atoms with Gasteiger partial charge in [-0.1, -0.05) is 11.6 Å². The molecule has 0 bridgehead atoms. The number of pyridine rings is 1. The first-order valence-electron chi connectivity index (χ1n) is 4.18. The maximum Gasteiger partial charge on any atom is 0.358 e. The number of hydrogen-bond acceptors (Lipinski definition) is 4. The van der Waals surface area contributed by atoms with Crippen LogP contribution in [0.25, 0.3) is 0 Å². The second-order valence-electron chi connectivity index (χ2n) is 2.96. The zero-order valence-corrected chi connectivity index (χ0v) is 9.34. The molecule has 0 aliphatic rings. The van der Waals surface area contributed by atoms with Crippen LogP contribution in [0, 0.1) is 25.2 Å². The number of esters is 1. The van der Waals surface area contributed by atoms with Crippen LogP contribution in [0.15, 0.2) is 0 Å². The molecular weight excluding hydrogens is 216 g/mol. The maximum absolute atomic E-state index is 11.3. The summed E-state index contributed by atoms with van der Waals surface area (Å²) in [5.41, 5.74) is 1.23. The number of rotatable bonds is 1. The molecule has 0 N–H and O–H groups in total. The Kier molecular flexibility index (Phi) is 3.28. The number of carbonyl (C=O) groups is 1. The van der Waals surface area contributed by atoms with Gasteiger partial charge in [-0.15, -0.1) is 0 Å². The smallest absolute Gasteiger partial charge is 0.358 e. The summed E-state index contributed by atoms with van der Waals surface area (Å²) < 4.78 is 4.53. The molecule has 1 aromatic rings. The van der Waals surface area contributed by atoms with Crippen LogP contribution in [0.2, 0.25) is 5.02 Å². The summed E-state index contributed by atoms with van der Waals surface area (Å²) in [4.78, 5) is 15.3. The van der Waals surface area contributed by atoms with Gasteiger partial charge in [-0.05, 0) is 19.4 Å². The van der Waals surface area contributed by atoms with E-state index in [2.05, 4.69) is 9.72 Å². The van der Waals surface area contributed by atoms with E-state index < -0.39 is 5.97 Å². The van der Waals surface area contributed by atoms with Crippen molar-refractivity contribution < 1.29 is 9.53 Å². The Morgan fingerprint density at radius 1 is 1.53 bits per heavy atom. The highest BCUT2D eigenvalue weighted by molar-refractivity contribution is 6.32. The van der Waals surface area contributed by atoms with Crippen LogP contribution in [0.5, 0.6) is 0 Å². The summed E-state index contributed by atoms with van der Waals surface area (Å²) in [5.74, 6) is -0.630. The molecule has 78 valence electrons. The second-order valence-corrected chi connectivity index (χ2v) is 3.34. The van der Waals surface area contributed by atoms with E-state index in [1.807, 2.05) is 6.07 Å². The minimum Gasteiger partial charge on any atom is -0.464 e. The fraction of sp³-hybridized carbons (Fsp3) is 0.300. The molecule has 0 saturated carbocycles. The normalized spacial score (nSPS) is 9.53. The Balaban J connectivity index is 3.54. The fourth-order valence-electron chi connectivity index (χ4n) is 1.21. The minimum absolute atomic E-state index is 0.0133. The Morgan fingerprint density at radius 2 is 2.13 bits per heavy atom. The van der Waals surface area contributed by atoms with Crippen LogP contribution >= 0.6 is 11.6 Å². The van der Waals surface area contributed by atoms with Crippen LogP contribution in [0.1, 0.15) is 27.3 Å². The largest absolute Gasteiger partial charge is 0.464 e. The zero-order valence-electron chi connectivity index (χ0n) is 8.59. The van der Waals surface area contributed by atoms with Crippen molar-refractivity contribution in [2.24, 2.45) is 0 Å². The van der Waals surface area contributed by atoms with Gasteiger partial charge >= 0.3 is 5.97 Å². The molecule has 0 aliphatic carbocycles. The van der Waals surface area contributed by atoms with E-state index in [1.165, 1.54) is 7.11 Å². The summed E-state index contributed by atoms with van der Waals surface area (Å²) in [7, 11) is 1.24. The van der Waals surface area contributed by atoms with Crippen molar-refractivity contribution in [1.82, 2.24) is 4.98 Å². The second kappa shape index (κ2) is 4.28. The van der Waals surface area contributed by atoms with Gasteiger partial charge in [0.15, 0.2) is 5.69 Å². The van der Waals surface area contributed by atoms with Crippen molar-refractivity contribution in [3.05, 3.63) is 27.5 Å². The van der Waals surface area contributed by atoms with Crippen LogP contribution in [0.4, 0.5) is 0 Å². The van der Waals surface area contributed by atoms with Crippen LogP contribution < -0.4 is 0 Å².